The number of ether oxygens (including phenoxy) is 1. The van der Waals surface area contributed by atoms with Crippen molar-refractivity contribution >= 4 is 0 Å². The van der Waals surface area contributed by atoms with Crippen LogP contribution in [0.15, 0.2) is 18.7 Å². The van der Waals surface area contributed by atoms with Gasteiger partial charge in [-0.15, -0.1) is 0 Å². The van der Waals surface area contributed by atoms with Crippen molar-refractivity contribution in [1.29, 1.82) is 0 Å². The first kappa shape index (κ1) is 10.2. The number of rotatable bonds is 5. The van der Waals surface area contributed by atoms with Crippen LogP contribution in [0.3, 0.4) is 0 Å². The molecule has 5 nitrogen and oxygen atoms in total. The highest BCUT2D eigenvalue weighted by atomic mass is 16.5. The SMILES string of the molecule is C1=COC(CNCCc2ncn[nH]2)CC1. The van der Waals surface area contributed by atoms with Crippen LogP contribution in [-0.2, 0) is 11.2 Å². The van der Waals surface area contributed by atoms with Gasteiger partial charge in [0.25, 0.3) is 0 Å². The molecule has 2 heterocycles. The molecule has 1 aromatic heterocycles. The van der Waals surface area contributed by atoms with Crippen LogP contribution in [0.2, 0.25) is 0 Å². The summed E-state index contributed by atoms with van der Waals surface area (Å²) in [5, 5.41) is 9.97. The van der Waals surface area contributed by atoms with Gasteiger partial charge in [0.2, 0.25) is 0 Å². The summed E-state index contributed by atoms with van der Waals surface area (Å²) in [7, 11) is 0. The Hall–Kier alpha value is -1.36. The third-order valence-corrected chi connectivity index (χ3v) is 2.40. The number of hydrogen-bond acceptors (Lipinski definition) is 4. The zero-order valence-corrected chi connectivity index (χ0v) is 8.65. The maximum Gasteiger partial charge on any atom is 0.137 e. The molecule has 0 aromatic carbocycles. The molecule has 1 aliphatic rings. The fourth-order valence-electron chi connectivity index (χ4n) is 1.56. The van der Waals surface area contributed by atoms with Crippen molar-refractivity contribution in [2.24, 2.45) is 0 Å². The second-order valence-corrected chi connectivity index (χ2v) is 3.59. The van der Waals surface area contributed by atoms with Crippen molar-refractivity contribution in [2.45, 2.75) is 25.4 Å². The second kappa shape index (κ2) is 5.50. The first-order valence-electron chi connectivity index (χ1n) is 5.30. The molecule has 1 unspecified atom stereocenters. The average molecular weight is 208 g/mol. The standard InChI is InChI=1S/C10H16N4O/c1-2-6-15-9(3-1)7-11-5-4-10-12-8-13-14-10/h2,6,8-9,11H,1,3-5,7H2,(H,12,13,14). The van der Waals surface area contributed by atoms with Crippen LogP contribution < -0.4 is 5.32 Å². The lowest BCUT2D eigenvalue weighted by atomic mass is 10.1. The van der Waals surface area contributed by atoms with Gasteiger partial charge >= 0.3 is 0 Å². The molecule has 15 heavy (non-hydrogen) atoms. The van der Waals surface area contributed by atoms with Crippen LogP contribution in [0.25, 0.3) is 0 Å². The molecule has 1 aliphatic heterocycles. The topological polar surface area (TPSA) is 62.8 Å². The van der Waals surface area contributed by atoms with Crippen LogP contribution >= 0.6 is 0 Å². The van der Waals surface area contributed by atoms with Gasteiger partial charge in [0.05, 0.1) is 6.26 Å². The van der Waals surface area contributed by atoms with Crippen LogP contribution in [0.1, 0.15) is 18.7 Å². The lowest BCUT2D eigenvalue weighted by molar-refractivity contribution is 0.122. The van der Waals surface area contributed by atoms with Crippen molar-refractivity contribution in [1.82, 2.24) is 20.5 Å². The largest absolute Gasteiger partial charge is 0.497 e. The molecule has 0 radical (unpaired) electrons. The molecule has 0 saturated carbocycles. The number of allylic oxidation sites excluding steroid dienone is 1. The van der Waals surface area contributed by atoms with Crippen molar-refractivity contribution in [3.05, 3.63) is 24.5 Å². The number of aromatic amines is 1. The highest BCUT2D eigenvalue weighted by molar-refractivity contribution is 4.84. The van der Waals surface area contributed by atoms with Crippen molar-refractivity contribution < 1.29 is 4.74 Å². The Bertz CT molecular complexity index is 296. The number of aromatic nitrogens is 3. The van der Waals surface area contributed by atoms with E-state index in [0.29, 0.717) is 6.10 Å². The van der Waals surface area contributed by atoms with Crippen LogP contribution in [0.4, 0.5) is 0 Å². The van der Waals surface area contributed by atoms with Gasteiger partial charge < -0.3 is 10.1 Å². The molecule has 1 atom stereocenters. The first-order chi connectivity index (χ1) is 7.45. The predicted octanol–water partition coefficient (Wildman–Crippen LogP) is 0.629. The minimum atomic E-state index is 0.324. The summed E-state index contributed by atoms with van der Waals surface area (Å²) in [6.07, 6.45) is 8.81. The second-order valence-electron chi connectivity index (χ2n) is 3.59. The molecule has 0 saturated heterocycles. The molecular weight excluding hydrogens is 192 g/mol. The average Bonchev–Trinajstić information content (AvgIpc) is 2.79. The van der Waals surface area contributed by atoms with E-state index in [1.54, 1.807) is 6.26 Å². The van der Waals surface area contributed by atoms with Gasteiger partial charge in [-0.2, -0.15) is 5.10 Å². The summed E-state index contributed by atoms with van der Waals surface area (Å²) in [5.74, 6) is 0.923. The van der Waals surface area contributed by atoms with E-state index in [1.165, 1.54) is 6.33 Å². The van der Waals surface area contributed by atoms with Gasteiger partial charge in [-0.3, -0.25) is 5.10 Å². The Labute approximate surface area is 88.9 Å². The van der Waals surface area contributed by atoms with E-state index in [4.69, 9.17) is 4.74 Å². The number of hydrogen-bond donors (Lipinski definition) is 2. The van der Waals surface area contributed by atoms with Crippen LogP contribution in [0, 0.1) is 0 Å². The Morgan fingerprint density at radius 2 is 2.60 bits per heavy atom. The van der Waals surface area contributed by atoms with Gasteiger partial charge in [-0.05, 0) is 18.9 Å². The van der Waals surface area contributed by atoms with E-state index in [9.17, 15) is 0 Å². The Balaban J connectivity index is 1.57. The monoisotopic (exact) mass is 208 g/mol. The zero-order chi connectivity index (χ0) is 10.3. The third kappa shape index (κ3) is 3.36. The summed E-state index contributed by atoms with van der Waals surface area (Å²) in [5.41, 5.74) is 0. The smallest absolute Gasteiger partial charge is 0.137 e. The Kier molecular flexibility index (Phi) is 3.73. The molecule has 0 fully saturated rings. The van der Waals surface area contributed by atoms with Gasteiger partial charge in [0.15, 0.2) is 0 Å². The summed E-state index contributed by atoms with van der Waals surface area (Å²) >= 11 is 0. The lowest BCUT2D eigenvalue weighted by Gasteiger charge is -2.19. The molecule has 2 N–H and O–H groups in total. The van der Waals surface area contributed by atoms with E-state index in [1.807, 2.05) is 0 Å². The summed E-state index contributed by atoms with van der Waals surface area (Å²) in [6.45, 7) is 1.80. The maximum absolute atomic E-state index is 5.44. The van der Waals surface area contributed by atoms with E-state index in [2.05, 4.69) is 26.6 Å². The van der Waals surface area contributed by atoms with Crippen molar-refractivity contribution in [2.75, 3.05) is 13.1 Å². The number of nitrogens with one attached hydrogen (secondary N) is 2. The van der Waals surface area contributed by atoms with E-state index in [-0.39, 0.29) is 0 Å². The Morgan fingerprint density at radius 3 is 3.33 bits per heavy atom. The maximum atomic E-state index is 5.44. The highest BCUT2D eigenvalue weighted by Crippen LogP contribution is 2.08. The predicted molar refractivity (Wildman–Crippen MR) is 56.2 cm³/mol. The number of H-pyrrole nitrogens is 1. The summed E-state index contributed by atoms with van der Waals surface area (Å²) < 4.78 is 5.44. The number of nitrogens with zero attached hydrogens (tertiary/aromatic N) is 2. The first-order valence-corrected chi connectivity index (χ1v) is 5.30. The van der Waals surface area contributed by atoms with Gasteiger partial charge in [0.1, 0.15) is 18.3 Å². The quantitative estimate of drug-likeness (QED) is 0.697. The minimum absolute atomic E-state index is 0.324. The van der Waals surface area contributed by atoms with E-state index >= 15 is 0 Å². The normalized spacial score (nSPS) is 20.1. The Morgan fingerprint density at radius 1 is 1.60 bits per heavy atom. The molecule has 0 aliphatic carbocycles. The molecule has 82 valence electrons. The van der Waals surface area contributed by atoms with E-state index in [0.717, 1.165) is 38.2 Å². The molecule has 1 aromatic rings. The van der Waals surface area contributed by atoms with E-state index < -0.39 is 0 Å². The highest BCUT2D eigenvalue weighted by Gasteiger charge is 2.09. The fourth-order valence-corrected chi connectivity index (χ4v) is 1.56. The fraction of sp³-hybridized carbons (Fsp3) is 0.600. The molecule has 0 bridgehead atoms. The van der Waals surface area contributed by atoms with Crippen molar-refractivity contribution in [3.63, 3.8) is 0 Å². The molecule has 0 spiro atoms. The van der Waals surface area contributed by atoms with Gasteiger partial charge in [-0.1, -0.05) is 0 Å². The third-order valence-electron chi connectivity index (χ3n) is 2.40. The van der Waals surface area contributed by atoms with Crippen molar-refractivity contribution in [3.8, 4) is 0 Å². The molecular formula is C10H16N4O. The minimum Gasteiger partial charge on any atom is -0.497 e. The zero-order valence-electron chi connectivity index (χ0n) is 8.65. The lowest BCUT2D eigenvalue weighted by Crippen LogP contribution is -2.30. The van der Waals surface area contributed by atoms with Gasteiger partial charge in [0, 0.05) is 19.5 Å². The van der Waals surface area contributed by atoms with Gasteiger partial charge in [-0.25, -0.2) is 4.98 Å². The van der Waals surface area contributed by atoms with Crippen LogP contribution in [-0.4, -0.2) is 34.4 Å². The molecule has 5 heteroatoms. The summed E-state index contributed by atoms with van der Waals surface area (Å²) in [4.78, 5) is 4.05. The van der Waals surface area contributed by atoms with Crippen LogP contribution in [0.5, 0.6) is 0 Å². The molecule has 0 amide bonds. The summed E-state index contributed by atoms with van der Waals surface area (Å²) in [6, 6.07) is 0. The molecule has 2 rings (SSSR count).